The molecule has 0 amide bonds. The average Bonchev–Trinajstić information content (AvgIpc) is 2.62. The largest absolute Gasteiger partial charge is 0.495 e. The Morgan fingerprint density at radius 1 is 1.17 bits per heavy atom. The van der Waals surface area contributed by atoms with E-state index in [9.17, 15) is 0 Å². The van der Waals surface area contributed by atoms with Crippen LogP contribution in [0.5, 0.6) is 5.75 Å². The van der Waals surface area contributed by atoms with Crippen molar-refractivity contribution >= 4 is 5.57 Å². The van der Waals surface area contributed by atoms with Crippen molar-refractivity contribution in [2.24, 2.45) is 0 Å². The van der Waals surface area contributed by atoms with Crippen LogP contribution in [0.25, 0.3) is 5.57 Å². The van der Waals surface area contributed by atoms with Gasteiger partial charge in [-0.3, -0.25) is 9.88 Å². The lowest BCUT2D eigenvalue weighted by Gasteiger charge is -2.45. The van der Waals surface area contributed by atoms with E-state index in [1.807, 2.05) is 6.20 Å². The lowest BCUT2D eigenvalue weighted by Crippen LogP contribution is -2.47. The summed E-state index contributed by atoms with van der Waals surface area (Å²) in [4.78, 5) is 7.02. The third-order valence-corrected chi connectivity index (χ3v) is 5.31. The van der Waals surface area contributed by atoms with Crippen LogP contribution in [0.4, 0.5) is 0 Å². The fourth-order valence-corrected chi connectivity index (χ4v) is 4.08. The molecule has 2 aromatic rings. The van der Waals surface area contributed by atoms with Gasteiger partial charge in [0.05, 0.1) is 13.3 Å². The van der Waals surface area contributed by atoms with Crippen molar-refractivity contribution in [2.75, 3.05) is 7.11 Å². The number of hydrogen-bond donors (Lipinski definition) is 0. The normalized spacial score (nSPS) is 23.6. The number of nitrogens with zero attached hydrogens (tertiary/aromatic N) is 2. The van der Waals surface area contributed by atoms with Gasteiger partial charge in [-0.1, -0.05) is 42.8 Å². The van der Waals surface area contributed by atoms with Crippen LogP contribution in [0.3, 0.4) is 0 Å². The molecule has 0 saturated carbocycles. The highest BCUT2D eigenvalue weighted by molar-refractivity contribution is 5.68. The Bertz CT molecular complexity index is 726. The lowest BCUT2D eigenvalue weighted by atomic mass is 9.83. The number of benzene rings is 1. The number of ether oxygens (including phenoxy) is 1. The summed E-state index contributed by atoms with van der Waals surface area (Å²) in [5, 5.41) is 0. The Labute approximate surface area is 144 Å². The summed E-state index contributed by atoms with van der Waals surface area (Å²) in [6.45, 7) is 1.05. The van der Waals surface area contributed by atoms with Crippen molar-refractivity contribution in [1.29, 1.82) is 0 Å². The Balaban J connectivity index is 1.59. The summed E-state index contributed by atoms with van der Waals surface area (Å²) in [5.74, 6) is 0.838. The van der Waals surface area contributed by atoms with Crippen molar-refractivity contribution < 1.29 is 4.74 Å². The van der Waals surface area contributed by atoms with Crippen LogP contribution >= 0.6 is 0 Å². The van der Waals surface area contributed by atoms with E-state index in [1.165, 1.54) is 36.0 Å². The molecule has 24 heavy (non-hydrogen) atoms. The van der Waals surface area contributed by atoms with Gasteiger partial charge in [0, 0.05) is 24.8 Å². The molecule has 3 heterocycles. The molecule has 0 spiro atoms. The summed E-state index contributed by atoms with van der Waals surface area (Å²) in [7, 11) is 1.70. The Hall–Kier alpha value is -2.13. The molecule has 1 fully saturated rings. The monoisotopic (exact) mass is 320 g/mol. The average molecular weight is 320 g/mol. The molecule has 124 valence electrons. The van der Waals surface area contributed by atoms with Gasteiger partial charge < -0.3 is 4.74 Å². The summed E-state index contributed by atoms with van der Waals surface area (Å²) >= 11 is 0. The van der Waals surface area contributed by atoms with E-state index in [0.717, 1.165) is 18.7 Å². The molecule has 1 aromatic carbocycles. The van der Waals surface area contributed by atoms with Gasteiger partial charge >= 0.3 is 0 Å². The van der Waals surface area contributed by atoms with Crippen LogP contribution in [0.1, 0.15) is 36.8 Å². The van der Waals surface area contributed by atoms with E-state index in [-0.39, 0.29) is 0 Å². The predicted octanol–water partition coefficient (Wildman–Crippen LogP) is 4.30. The molecule has 3 heteroatoms. The summed E-state index contributed by atoms with van der Waals surface area (Å²) in [5.41, 5.74) is 4.06. The first-order chi connectivity index (χ1) is 11.8. The van der Waals surface area contributed by atoms with Gasteiger partial charge in [-0.15, -0.1) is 0 Å². The number of pyridine rings is 1. The van der Waals surface area contributed by atoms with Gasteiger partial charge in [0.2, 0.25) is 0 Å². The molecule has 0 radical (unpaired) electrons. The predicted molar refractivity (Wildman–Crippen MR) is 96.8 cm³/mol. The third kappa shape index (κ3) is 3.09. The zero-order valence-corrected chi connectivity index (χ0v) is 14.2. The molecular weight excluding hydrogens is 296 g/mol. The van der Waals surface area contributed by atoms with Crippen molar-refractivity contribution in [3.63, 3.8) is 0 Å². The summed E-state index contributed by atoms with van der Waals surface area (Å²) in [6, 6.07) is 14.1. The fraction of sp³-hybridized carbons (Fsp3) is 0.381. The molecule has 2 aliphatic heterocycles. The second-order valence-corrected chi connectivity index (χ2v) is 6.82. The molecule has 2 atom stereocenters. The number of fused-ring (bicyclic) bond motifs is 2. The quantitative estimate of drug-likeness (QED) is 0.840. The molecule has 0 N–H and O–H groups in total. The Morgan fingerprint density at radius 2 is 2.04 bits per heavy atom. The van der Waals surface area contributed by atoms with Crippen molar-refractivity contribution in [3.8, 4) is 5.75 Å². The van der Waals surface area contributed by atoms with Crippen molar-refractivity contribution in [2.45, 2.75) is 44.3 Å². The Morgan fingerprint density at radius 3 is 2.83 bits per heavy atom. The SMILES string of the molecule is COc1cncc(C2=CC3CCCC(C2)N3Cc2ccccc2)c1. The van der Waals surface area contributed by atoms with E-state index in [0.29, 0.717) is 12.1 Å². The molecule has 2 unspecified atom stereocenters. The van der Waals surface area contributed by atoms with Gasteiger partial charge in [-0.2, -0.15) is 0 Å². The van der Waals surface area contributed by atoms with Gasteiger partial charge in [0.1, 0.15) is 5.75 Å². The van der Waals surface area contributed by atoms with Crippen LogP contribution < -0.4 is 4.74 Å². The van der Waals surface area contributed by atoms with E-state index in [4.69, 9.17) is 4.74 Å². The molecule has 1 aromatic heterocycles. The molecule has 2 bridgehead atoms. The van der Waals surface area contributed by atoms with Gasteiger partial charge in [0.25, 0.3) is 0 Å². The fourth-order valence-electron chi connectivity index (χ4n) is 4.08. The molecule has 4 rings (SSSR count). The number of aromatic nitrogens is 1. The first-order valence-electron chi connectivity index (χ1n) is 8.83. The zero-order chi connectivity index (χ0) is 16.4. The minimum Gasteiger partial charge on any atom is -0.495 e. The van der Waals surface area contributed by atoms with E-state index >= 15 is 0 Å². The number of piperidine rings is 1. The zero-order valence-electron chi connectivity index (χ0n) is 14.2. The lowest BCUT2D eigenvalue weighted by molar-refractivity contribution is 0.0951. The number of rotatable bonds is 4. The van der Waals surface area contributed by atoms with Crippen LogP contribution in [0, 0.1) is 0 Å². The highest BCUT2D eigenvalue weighted by Crippen LogP contribution is 2.38. The van der Waals surface area contributed by atoms with Crippen LogP contribution in [-0.4, -0.2) is 29.1 Å². The van der Waals surface area contributed by atoms with Crippen LogP contribution in [0.2, 0.25) is 0 Å². The second-order valence-electron chi connectivity index (χ2n) is 6.82. The smallest absolute Gasteiger partial charge is 0.137 e. The number of hydrogen-bond acceptors (Lipinski definition) is 3. The maximum Gasteiger partial charge on any atom is 0.137 e. The molecule has 0 aliphatic carbocycles. The van der Waals surface area contributed by atoms with Gasteiger partial charge in [-0.05, 0) is 42.0 Å². The molecule has 2 aliphatic rings. The maximum atomic E-state index is 5.34. The minimum atomic E-state index is 0.541. The maximum absolute atomic E-state index is 5.34. The van der Waals surface area contributed by atoms with E-state index in [2.05, 4.69) is 52.4 Å². The molecule has 3 nitrogen and oxygen atoms in total. The molecule has 1 saturated heterocycles. The van der Waals surface area contributed by atoms with Crippen molar-refractivity contribution in [1.82, 2.24) is 9.88 Å². The van der Waals surface area contributed by atoms with Gasteiger partial charge in [0.15, 0.2) is 0 Å². The molecular formula is C21H24N2O. The Kier molecular flexibility index (Phi) is 4.35. The topological polar surface area (TPSA) is 25.4 Å². The standard InChI is InChI=1S/C21H24N2O/c1-24-21-12-18(13-22-14-21)17-10-19-8-5-9-20(11-17)23(19)15-16-6-3-2-4-7-16/h2-4,6-7,10,12-14,19-20H,5,8-9,11,15H2,1H3. The highest BCUT2D eigenvalue weighted by Gasteiger charge is 2.34. The van der Waals surface area contributed by atoms with Crippen molar-refractivity contribution in [3.05, 3.63) is 66.0 Å². The first-order valence-corrected chi connectivity index (χ1v) is 8.83. The minimum absolute atomic E-state index is 0.541. The van der Waals surface area contributed by atoms with E-state index in [1.54, 1.807) is 13.3 Å². The van der Waals surface area contributed by atoms with Crippen LogP contribution in [0.15, 0.2) is 54.9 Å². The van der Waals surface area contributed by atoms with Crippen LogP contribution in [-0.2, 0) is 6.54 Å². The summed E-state index contributed by atoms with van der Waals surface area (Å²) in [6.07, 6.45) is 11.2. The van der Waals surface area contributed by atoms with E-state index < -0.39 is 0 Å². The third-order valence-electron chi connectivity index (χ3n) is 5.31. The van der Waals surface area contributed by atoms with Gasteiger partial charge in [-0.25, -0.2) is 0 Å². The number of methoxy groups -OCH3 is 1. The first kappa shape index (κ1) is 15.4. The summed E-state index contributed by atoms with van der Waals surface area (Å²) < 4.78 is 5.34. The highest BCUT2D eigenvalue weighted by atomic mass is 16.5. The second kappa shape index (κ2) is 6.78.